The number of aromatic nitrogens is 2. The quantitative estimate of drug-likeness (QED) is 0.923. The Morgan fingerprint density at radius 3 is 2.76 bits per heavy atom. The number of amides is 1. The molecule has 0 radical (unpaired) electrons. The average molecular weight is 292 g/mol. The van der Waals surface area contributed by atoms with Gasteiger partial charge in [-0.05, 0) is 24.2 Å². The molecule has 118 valence electrons. The zero-order valence-electron chi connectivity index (χ0n) is 13.8. The number of rotatable bonds is 3. The Kier molecular flexibility index (Phi) is 4.42. The minimum absolute atomic E-state index is 0.0500. The van der Waals surface area contributed by atoms with Gasteiger partial charge in [0.15, 0.2) is 0 Å². The van der Waals surface area contributed by atoms with Crippen LogP contribution in [0.25, 0.3) is 0 Å². The van der Waals surface area contributed by atoms with Gasteiger partial charge in [0.2, 0.25) is 5.91 Å². The summed E-state index contributed by atoms with van der Waals surface area (Å²) in [5.74, 6) is 0.628. The van der Waals surface area contributed by atoms with Crippen LogP contribution in [0, 0.1) is 17.3 Å². The van der Waals surface area contributed by atoms with E-state index in [0.717, 1.165) is 18.4 Å². The van der Waals surface area contributed by atoms with Crippen LogP contribution >= 0.6 is 0 Å². The molecule has 0 saturated heterocycles. The predicted octanol–water partition coefficient (Wildman–Crippen LogP) is 1.78. The van der Waals surface area contributed by atoms with Crippen molar-refractivity contribution in [3.8, 4) is 0 Å². The summed E-state index contributed by atoms with van der Waals surface area (Å²) in [5.41, 5.74) is 7.19. The second kappa shape index (κ2) is 5.79. The molecule has 1 aromatic heterocycles. The third-order valence-corrected chi connectivity index (χ3v) is 5.36. The Hall–Kier alpha value is -1.36. The van der Waals surface area contributed by atoms with Crippen molar-refractivity contribution in [1.29, 1.82) is 0 Å². The highest BCUT2D eigenvalue weighted by atomic mass is 16.2. The van der Waals surface area contributed by atoms with E-state index in [0.29, 0.717) is 12.5 Å². The van der Waals surface area contributed by atoms with Gasteiger partial charge in [-0.1, -0.05) is 20.8 Å². The fraction of sp³-hybridized carbons (Fsp3) is 0.750. The molecule has 1 saturated carbocycles. The van der Waals surface area contributed by atoms with E-state index in [-0.39, 0.29) is 23.3 Å². The van der Waals surface area contributed by atoms with E-state index in [9.17, 15) is 4.79 Å². The van der Waals surface area contributed by atoms with Crippen molar-refractivity contribution in [3.63, 3.8) is 0 Å². The zero-order chi connectivity index (χ0) is 15.8. The highest BCUT2D eigenvalue weighted by Gasteiger charge is 2.45. The number of hydrogen-bond acceptors (Lipinski definition) is 3. The SMILES string of the molecule is CC1C(N)CCC(C(=O)N(C)Cc2cnn(C)c2)C1(C)C. The smallest absolute Gasteiger partial charge is 0.226 e. The highest BCUT2D eigenvalue weighted by molar-refractivity contribution is 5.79. The summed E-state index contributed by atoms with van der Waals surface area (Å²) in [5, 5.41) is 4.15. The topological polar surface area (TPSA) is 64.2 Å². The molecular formula is C16H28N4O. The molecule has 3 atom stereocenters. The first-order valence-corrected chi connectivity index (χ1v) is 7.71. The predicted molar refractivity (Wildman–Crippen MR) is 83.3 cm³/mol. The summed E-state index contributed by atoms with van der Waals surface area (Å²) in [7, 11) is 3.77. The first kappa shape index (κ1) is 16.0. The largest absolute Gasteiger partial charge is 0.341 e. The number of nitrogens with two attached hydrogens (primary N) is 1. The van der Waals surface area contributed by atoms with Crippen LogP contribution in [-0.4, -0.2) is 33.7 Å². The fourth-order valence-electron chi connectivity index (χ4n) is 3.46. The summed E-state index contributed by atoms with van der Waals surface area (Å²) in [6, 6.07) is 0.202. The summed E-state index contributed by atoms with van der Waals surface area (Å²) >= 11 is 0. The van der Waals surface area contributed by atoms with Gasteiger partial charge in [-0.15, -0.1) is 0 Å². The third kappa shape index (κ3) is 3.12. The van der Waals surface area contributed by atoms with Gasteiger partial charge in [-0.2, -0.15) is 5.10 Å². The molecule has 1 aliphatic rings. The van der Waals surface area contributed by atoms with E-state index in [1.807, 2.05) is 31.4 Å². The molecule has 0 aromatic carbocycles. The Balaban J connectivity index is 2.08. The standard InChI is InChI=1S/C16H28N4O/c1-11-14(17)7-6-13(16(11,2)3)15(21)19(4)9-12-8-18-20(5)10-12/h8,10-11,13-14H,6-7,9,17H2,1-5H3. The highest BCUT2D eigenvalue weighted by Crippen LogP contribution is 2.45. The molecule has 1 aromatic rings. The number of hydrogen-bond donors (Lipinski definition) is 1. The summed E-state index contributed by atoms with van der Waals surface area (Å²) in [6.45, 7) is 7.14. The van der Waals surface area contributed by atoms with Crippen LogP contribution in [0.1, 0.15) is 39.2 Å². The van der Waals surface area contributed by atoms with Crippen molar-refractivity contribution >= 4 is 5.91 Å². The first-order chi connectivity index (χ1) is 9.73. The number of aryl methyl sites for hydroxylation is 1. The normalized spacial score (nSPS) is 28.4. The lowest BCUT2D eigenvalue weighted by Crippen LogP contribution is -2.51. The molecule has 1 fully saturated rings. The summed E-state index contributed by atoms with van der Waals surface area (Å²) < 4.78 is 1.76. The van der Waals surface area contributed by atoms with Gasteiger partial charge in [0.05, 0.1) is 6.20 Å². The molecule has 0 bridgehead atoms. The van der Waals surface area contributed by atoms with Gasteiger partial charge in [-0.25, -0.2) is 0 Å². The summed E-state index contributed by atoms with van der Waals surface area (Å²) in [6.07, 6.45) is 5.58. The molecule has 1 aliphatic carbocycles. The van der Waals surface area contributed by atoms with E-state index >= 15 is 0 Å². The molecule has 2 N–H and O–H groups in total. The molecule has 5 heteroatoms. The number of nitrogens with zero attached hydrogens (tertiary/aromatic N) is 3. The third-order valence-electron chi connectivity index (χ3n) is 5.36. The maximum atomic E-state index is 12.8. The van der Waals surface area contributed by atoms with E-state index in [2.05, 4.69) is 25.9 Å². The second-order valence-electron chi connectivity index (χ2n) is 7.12. The van der Waals surface area contributed by atoms with Gasteiger partial charge in [0.25, 0.3) is 0 Å². The lowest BCUT2D eigenvalue weighted by molar-refractivity contribution is -0.142. The minimum atomic E-state index is -0.0576. The van der Waals surface area contributed by atoms with E-state index in [1.165, 1.54) is 0 Å². The van der Waals surface area contributed by atoms with Crippen LogP contribution in [0.5, 0.6) is 0 Å². The van der Waals surface area contributed by atoms with E-state index in [1.54, 1.807) is 4.68 Å². The maximum absolute atomic E-state index is 12.8. The van der Waals surface area contributed by atoms with Crippen molar-refractivity contribution in [1.82, 2.24) is 14.7 Å². The molecular weight excluding hydrogens is 264 g/mol. The van der Waals surface area contributed by atoms with E-state index < -0.39 is 0 Å². The van der Waals surface area contributed by atoms with Crippen molar-refractivity contribution < 1.29 is 4.79 Å². The molecule has 2 rings (SSSR count). The monoisotopic (exact) mass is 292 g/mol. The Morgan fingerprint density at radius 2 is 2.19 bits per heavy atom. The Bertz CT molecular complexity index is 508. The number of carbonyl (C=O) groups is 1. The lowest BCUT2D eigenvalue weighted by Gasteiger charge is -2.47. The van der Waals surface area contributed by atoms with Crippen LogP contribution in [0.15, 0.2) is 12.4 Å². The molecule has 1 amide bonds. The van der Waals surface area contributed by atoms with Gasteiger partial charge < -0.3 is 10.6 Å². The number of carbonyl (C=O) groups excluding carboxylic acids is 1. The molecule has 0 spiro atoms. The first-order valence-electron chi connectivity index (χ1n) is 7.71. The van der Waals surface area contributed by atoms with E-state index in [4.69, 9.17) is 5.73 Å². The molecule has 3 unspecified atom stereocenters. The molecule has 21 heavy (non-hydrogen) atoms. The van der Waals surface area contributed by atoms with Gasteiger partial charge in [0.1, 0.15) is 0 Å². The fourth-order valence-corrected chi connectivity index (χ4v) is 3.46. The second-order valence-corrected chi connectivity index (χ2v) is 7.12. The minimum Gasteiger partial charge on any atom is -0.341 e. The van der Waals surface area contributed by atoms with Gasteiger partial charge in [-0.3, -0.25) is 9.48 Å². The van der Waals surface area contributed by atoms with Crippen molar-refractivity contribution in [2.45, 2.75) is 46.2 Å². The van der Waals surface area contributed by atoms with Crippen molar-refractivity contribution in [2.75, 3.05) is 7.05 Å². The Labute approximate surface area is 127 Å². The molecule has 5 nitrogen and oxygen atoms in total. The Morgan fingerprint density at radius 1 is 1.52 bits per heavy atom. The van der Waals surface area contributed by atoms with Crippen LogP contribution in [0.3, 0.4) is 0 Å². The van der Waals surface area contributed by atoms with Gasteiger partial charge in [0, 0.05) is 44.4 Å². The van der Waals surface area contributed by atoms with Crippen LogP contribution in [0.2, 0.25) is 0 Å². The van der Waals surface area contributed by atoms with Crippen LogP contribution in [-0.2, 0) is 18.4 Å². The van der Waals surface area contributed by atoms with Gasteiger partial charge >= 0.3 is 0 Å². The zero-order valence-corrected chi connectivity index (χ0v) is 13.8. The van der Waals surface area contributed by atoms with Crippen LogP contribution in [0.4, 0.5) is 0 Å². The summed E-state index contributed by atoms with van der Waals surface area (Å²) in [4.78, 5) is 14.7. The molecule has 0 aliphatic heterocycles. The van der Waals surface area contributed by atoms with Crippen molar-refractivity contribution in [3.05, 3.63) is 18.0 Å². The average Bonchev–Trinajstić information content (AvgIpc) is 2.81. The lowest BCUT2D eigenvalue weighted by atomic mass is 9.61. The van der Waals surface area contributed by atoms with Crippen LogP contribution < -0.4 is 5.73 Å². The maximum Gasteiger partial charge on any atom is 0.226 e. The van der Waals surface area contributed by atoms with Crippen molar-refractivity contribution in [2.24, 2.45) is 30.0 Å². The molecule has 1 heterocycles.